The predicted molar refractivity (Wildman–Crippen MR) is 135 cm³/mol. The van der Waals surface area contributed by atoms with Crippen molar-refractivity contribution in [3.63, 3.8) is 0 Å². The van der Waals surface area contributed by atoms with E-state index in [0.717, 1.165) is 81.4 Å². The molecule has 5 rings (SSSR count). The summed E-state index contributed by atoms with van der Waals surface area (Å²) in [5, 5.41) is 11.0. The molecule has 4 heterocycles. The Hall–Kier alpha value is -3.09. The van der Waals surface area contributed by atoms with Crippen LogP contribution in [-0.4, -0.2) is 59.6 Å². The van der Waals surface area contributed by atoms with Gasteiger partial charge in [-0.1, -0.05) is 17.4 Å². The highest BCUT2D eigenvalue weighted by molar-refractivity contribution is 7.19. The molecule has 192 valence electrons. The number of rotatable bonds is 7. The van der Waals surface area contributed by atoms with Gasteiger partial charge in [0.25, 0.3) is 5.91 Å². The molecule has 0 spiro atoms. The lowest BCUT2D eigenvalue weighted by Crippen LogP contribution is -2.41. The quantitative estimate of drug-likeness (QED) is 0.441. The highest BCUT2D eigenvalue weighted by atomic mass is 32.1. The number of thiazole rings is 1. The van der Waals surface area contributed by atoms with Crippen molar-refractivity contribution >= 4 is 33.8 Å². The Labute approximate surface area is 211 Å². The lowest BCUT2D eigenvalue weighted by atomic mass is 10.1. The van der Waals surface area contributed by atoms with E-state index in [0.29, 0.717) is 17.6 Å². The topological polar surface area (TPSA) is 110 Å². The summed E-state index contributed by atoms with van der Waals surface area (Å²) in [6.07, 6.45) is 4.65. The first kappa shape index (κ1) is 24.6. The van der Waals surface area contributed by atoms with Gasteiger partial charge in [0.05, 0.1) is 25.0 Å². The monoisotopic (exact) mass is 517 g/mol. The fourth-order valence-electron chi connectivity index (χ4n) is 4.63. The fraction of sp³-hybridized carbons (Fsp3) is 0.458. The number of carbonyl (C=O) groups is 1. The Bertz CT molecular complexity index is 1220. The van der Waals surface area contributed by atoms with Crippen molar-refractivity contribution in [1.82, 2.24) is 20.1 Å². The van der Waals surface area contributed by atoms with Crippen LogP contribution in [0.5, 0.6) is 0 Å². The molecule has 2 aromatic heterocycles. The molecule has 4 N–H and O–H groups in total. The average Bonchev–Trinajstić information content (AvgIpc) is 3.27. The number of carbonyl (C=O) groups excluding carboxylic acids is 1. The van der Waals surface area contributed by atoms with Gasteiger partial charge in [-0.05, 0) is 31.4 Å². The number of nitrogens with one attached hydrogen (secondary N) is 2. The summed E-state index contributed by atoms with van der Waals surface area (Å²) in [4.78, 5) is 19.5. The lowest BCUT2D eigenvalue weighted by molar-refractivity contribution is -0.0318. The van der Waals surface area contributed by atoms with Crippen molar-refractivity contribution in [1.29, 1.82) is 0 Å². The number of nitrogens with zero attached hydrogens (tertiary/aromatic N) is 4. The molecular formula is C24H29F2N7O2S. The molecule has 2 aliphatic rings. The van der Waals surface area contributed by atoms with E-state index in [2.05, 4.69) is 25.6 Å². The number of hydrogen-bond acceptors (Lipinski definition) is 8. The van der Waals surface area contributed by atoms with Gasteiger partial charge in [-0.3, -0.25) is 9.48 Å². The second-order valence-electron chi connectivity index (χ2n) is 9.21. The molecule has 1 atom stereocenters. The molecule has 0 aliphatic carbocycles. The number of halogens is 2. The van der Waals surface area contributed by atoms with Crippen LogP contribution in [0.3, 0.4) is 0 Å². The maximum Gasteiger partial charge on any atom is 0.277 e. The van der Waals surface area contributed by atoms with Crippen LogP contribution in [0.2, 0.25) is 0 Å². The maximum atomic E-state index is 14.2. The Morgan fingerprint density at radius 2 is 2.03 bits per heavy atom. The molecule has 2 fully saturated rings. The second kappa shape index (κ2) is 10.5. The zero-order valence-electron chi connectivity index (χ0n) is 20.0. The van der Waals surface area contributed by atoms with Crippen molar-refractivity contribution in [3.8, 4) is 10.6 Å². The van der Waals surface area contributed by atoms with E-state index >= 15 is 0 Å². The third kappa shape index (κ3) is 5.06. The van der Waals surface area contributed by atoms with Crippen molar-refractivity contribution in [2.24, 2.45) is 13.0 Å². The van der Waals surface area contributed by atoms with E-state index in [9.17, 15) is 13.6 Å². The first-order valence-electron chi connectivity index (χ1n) is 12.0. The van der Waals surface area contributed by atoms with E-state index in [1.807, 2.05) is 7.05 Å². The molecule has 2 aliphatic heterocycles. The Morgan fingerprint density at radius 3 is 2.75 bits per heavy atom. The Morgan fingerprint density at radius 1 is 1.25 bits per heavy atom. The van der Waals surface area contributed by atoms with Crippen molar-refractivity contribution in [2.75, 3.05) is 48.8 Å². The summed E-state index contributed by atoms with van der Waals surface area (Å²) in [7, 11) is 1.83. The van der Waals surface area contributed by atoms with Gasteiger partial charge in [-0.25, -0.2) is 13.8 Å². The van der Waals surface area contributed by atoms with Crippen LogP contribution < -0.4 is 21.3 Å². The van der Waals surface area contributed by atoms with Crippen molar-refractivity contribution in [2.45, 2.75) is 25.3 Å². The van der Waals surface area contributed by atoms with Crippen LogP contribution in [0.4, 0.5) is 25.3 Å². The van der Waals surface area contributed by atoms with Crippen LogP contribution in [0.25, 0.3) is 10.6 Å². The summed E-state index contributed by atoms with van der Waals surface area (Å²) in [5.74, 6) is -0.680. The minimum atomic E-state index is -0.764. The molecule has 9 nitrogen and oxygen atoms in total. The minimum Gasteiger partial charge on any atom is -0.389 e. The van der Waals surface area contributed by atoms with E-state index in [1.165, 1.54) is 6.07 Å². The number of hydrogen-bond donors (Lipinski definition) is 3. The van der Waals surface area contributed by atoms with E-state index < -0.39 is 17.5 Å². The highest BCUT2D eigenvalue weighted by Gasteiger charge is 2.26. The van der Waals surface area contributed by atoms with Gasteiger partial charge in [0.2, 0.25) is 0 Å². The number of aromatic nitrogens is 3. The molecule has 0 bridgehead atoms. The number of ether oxygens (including phenoxy) is 1. The molecule has 1 aromatic carbocycles. The third-order valence-electron chi connectivity index (χ3n) is 6.63. The molecular weight excluding hydrogens is 488 g/mol. The van der Waals surface area contributed by atoms with Crippen LogP contribution in [0, 0.1) is 17.6 Å². The van der Waals surface area contributed by atoms with Gasteiger partial charge in [-0.2, -0.15) is 5.10 Å². The van der Waals surface area contributed by atoms with Gasteiger partial charge >= 0.3 is 0 Å². The summed E-state index contributed by atoms with van der Waals surface area (Å²) >= 11 is 0.867. The van der Waals surface area contributed by atoms with Gasteiger partial charge < -0.3 is 26.0 Å². The largest absolute Gasteiger partial charge is 0.389 e. The maximum absolute atomic E-state index is 14.2. The summed E-state index contributed by atoms with van der Waals surface area (Å²) < 4.78 is 35.4. The summed E-state index contributed by atoms with van der Waals surface area (Å²) in [6.45, 7) is 4.30. The SMILES string of the molecule is Cn1ncc(NC(=O)c2nc(-c3c(F)cccc3F)sc2N)c1N1CCC[C@H](NCC2COC2)CC1. The lowest BCUT2D eigenvalue weighted by Gasteiger charge is -2.28. The van der Waals surface area contributed by atoms with Crippen LogP contribution in [0.1, 0.15) is 29.8 Å². The smallest absolute Gasteiger partial charge is 0.277 e. The van der Waals surface area contributed by atoms with Gasteiger partial charge in [0, 0.05) is 38.6 Å². The summed E-state index contributed by atoms with van der Waals surface area (Å²) in [6, 6.07) is 3.99. The van der Waals surface area contributed by atoms with Gasteiger partial charge in [-0.15, -0.1) is 0 Å². The first-order chi connectivity index (χ1) is 17.4. The van der Waals surface area contributed by atoms with Crippen LogP contribution in [-0.2, 0) is 11.8 Å². The fourth-order valence-corrected chi connectivity index (χ4v) is 5.50. The zero-order chi connectivity index (χ0) is 25.2. The third-order valence-corrected chi connectivity index (χ3v) is 7.53. The molecule has 0 saturated carbocycles. The number of nitrogens with two attached hydrogens (primary N) is 1. The number of aryl methyl sites for hydroxylation is 1. The standard InChI is InChI=1S/C24H29F2N7O2S/c1-32-24(33-8-3-4-15(7-9-33)28-10-14-12-35-13-14)18(11-29-32)30-22(34)20-21(27)36-23(31-20)19-16(25)5-2-6-17(19)26/h2,5-6,11,14-15,28H,3-4,7-10,12-13,27H2,1H3,(H,30,34)/t15-/m0/s1. The van der Waals surface area contributed by atoms with E-state index in [4.69, 9.17) is 10.5 Å². The summed E-state index contributed by atoms with van der Waals surface area (Å²) in [5.41, 5.74) is 6.18. The molecule has 36 heavy (non-hydrogen) atoms. The Kier molecular flexibility index (Phi) is 7.17. The number of nitrogen functional groups attached to an aromatic ring is 1. The molecule has 2 saturated heterocycles. The van der Waals surface area contributed by atoms with Crippen molar-refractivity contribution in [3.05, 3.63) is 41.7 Å². The zero-order valence-corrected chi connectivity index (χ0v) is 20.8. The number of benzene rings is 1. The van der Waals surface area contributed by atoms with Gasteiger partial charge in [0.15, 0.2) is 11.5 Å². The van der Waals surface area contributed by atoms with Crippen molar-refractivity contribution < 1.29 is 18.3 Å². The van der Waals surface area contributed by atoms with E-state index in [-0.39, 0.29) is 21.3 Å². The van der Waals surface area contributed by atoms with Gasteiger partial charge in [0.1, 0.15) is 27.3 Å². The first-order valence-corrected chi connectivity index (χ1v) is 12.8. The van der Waals surface area contributed by atoms with Crippen LogP contribution in [0.15, 0.2) is 24.4 Å². The number of amides is 1. The highest BCUT2D eigenvalue weighted by Crippen LogP contribution is 2.34. The normalized spacial score (nSPS) is 18.6. The Balaban J connectivity index is 1.29. The minimum absolute atomic E-state index is 0.0131. The predicted octanol–water partition coefficient (Wildman–Crippen LogP) is 3.25. The van der Waals surface area contributed by atoms with E-state index in [1.54, 1.807) is 10.9 Å². The molecule has 12 heteroatoms. The molecule has 3 aromatic rings. The molecule has 1 amide bonds. The molecule has 0 unspecified atom stereocenters. The molecule has 0 radical (unpaired) electrons. The second-order valence-corrected chi connectivity index (χ2v) is 10.2. The number of anilines is 3. The average molecular weight is 518 g/mol. The van der Waals surface area contributed by atoms with Crippen LogP contribution >= 0.6 is 11.3 Å².